The van der Waals surface area contributed by atoms with E-state index in [-0.39, 0.29) is 6.54 Å². The molecular formula is C13H19F3N4S2. The number of nitrogens with zero attached hydrogens (tertiary/aromatic N) is 2. The summed E-state index contributed by atoms with van der Waals surface area (Å²) in [6, 6.07) is 0. The SMILES string of the molecule is CN=C(NCc1nc(C(F)(F)F)cs1)NCC1CCSCC1. The van der Waals surface area contributed by atoms with Crippen molar-refractivity contribution in [3.8, 4) is 0 Å². The first-order valence-electron chi connectivity index (χ1n) is 7.03. The standard InChI is InChI=1S/C13H19F3N4S2/c1-17-12(18-6-9-2-4-21-5-3-9)19-7-11-20-10(8-22-11)13(14,15)16/h8-9H,2-7H2,1H3,(H2,17,18,19). The van der Waals surface area contributed by atoms with Gasteiger partial charge in [-0.2, -0.15) is 24.9 Å². The molecule has 1 aliphatic heterocycles. The summed E-state index contributed by atoms with van der Waals surface area (Å²) in [5.74, 6) is 3.62. The lowest BCUT2D eigenvalue weighted by Crippen LogP contribution is -2.40. The van der Waals surface area contributed by atoms with Crippen LogP contribution in [0.25, 0.3) is 0 Å². The van der Waals surface area contributed by atoms with Crippen LogP contribution in [0.15, 0.2) is 10.4 Å². The number of halogens is 3. The largest absolute Gasteiger partial charge is 0.434 e. The summed E-state index contributed by atoms with van der Waals surface area (Å²) >= 11 is 2.97. The van der Waals surface area contributed by atoms with Gasteiger partial charge in [-0.3, -0.25) is 4.99 Å². The van der Waals surface area contributed by atoms with E-state index in [1.807, 2.05) is 11.8 Å². The van der Waals surface area contributed by atoms with Crippen LogP contribution in [0.2, 0.25) is 0 Å². The van der Waals surface area contributed by atoms with Gasteiger partial charge in [0.25, 0.3) is 0 Å². The number of aliphatic imine (C=N–C) groups is 1. The summed E-state index contributed by atoms with van der Waals surface area (Å²) in [7, 11) is 1.65. The highest BCUT2D eigenvalue weighted by molar-refractivity contribution is 7.99. The molecule has 124 valence electrons. The maximum Gasteiger partial charge on any atom is 0.434 e. The Balaban J connectivity index is 1.77. The maximum absolute atomic E-state index is 12.5. The van der Waals surface area contributed by atoms with E-state index in [0.717, 1.165) is 23.3 Å². The fourth-order valence-electron chi connectivity index (χ4n) is 2.09. The summed E-state index contributed by atoms with van der Waals surface area (Å²) in [6.07, 6.45) is -2.00. The molecule has 4 nitrogen and oxygen atoms in total. The Morgan fingerprint density at radius 1 is 1.36 bits per heavy atom. The number of hydrogen-bond donors (Lipinski definition) is 2. The summed E-state index contributed by atoms with van der Waals surface area (Å²) in [4.78, 5) is 7.67. The quantitative estimate of drug-likeness (QED) is 0.646. The van der Waals surface area contributed by atoms with Crippen molar-refractivity contribution >= 4 is 29.1 Å². The highest BCUT2D eigenvalue weighted by atomic mass is 32.2. The fourth-order valence-corrected chi connectivity index (χ4v) is 4.04. The minimum Gasteiger partial charge on any atom is -0.356 e. The topological polar surface area (TPSA) is 49.3 Å². The van der Waals surface area contributed by atoms with Gasteiger partial charge >= 0.3 is 6.18 Å². The number of nitrogens with one attached hydrogen (secondary N) is 2. The second-order valence-corrected chi connectivity index (χ2v) is 7.15. The Hall–Kier alpha value is -0.960. The number of rotatable bonds is 4. The van der Waals surface area contributed by atoms with Crippen molar-refractivity contribution in [2.75, 3.05) is 25.1 Å². The molecule has 0 unspecified atom stereocenters. The second kappa shape index (κ2) is 8.05. The Labute approximate surface area is 136 Å². The molecule has 2 rings (SSSR count). The van der Waals surface area contributed by atoms with Gasteiger partial charge in [0, 0.05) is 19.0 Å². The molecule has 0 amide bonds. The van der Waals surface area contributed by atoms with Crippen LogP contribution in [0, 0.1) is 5.92 Å². The molecule has 2 N–H and O–H groups in total. The van der Waals surface area contributed by atoms with Crippen LogP contribution in [0.1, 0.15) is 23.5 Å². The smallest absolute Gasteiger partial charge is 0.356 e. The molecule has 22 heavy (non-hydrogen) atoms. The first-order chi connectivity index (χ1) is 10.5. The van der Waals surface area contributed by atoms with Gasteiger partial charge in [-0.25, -0.2) is 4.98 Å². The molecule has 0 radical (unpaired) electrons. The van der Waals surface area contributed by atoms with E-state index in [4.69, 9.17) is 0 Å². The van der Waals surface area contributed by atoms with Crippen LogP contribution in [0.5, 0.6) is 0 Å². The van der Waals surface area contributed by atoms with Gasteiger partial charge in [0.05, 0.1) is 6.54 Å². The number of thioether (sulfide) groups is 1. The lowest BCUT2D eigenvalue weighted by atomic mass is 10.0. The van der Waals surface area contributed by atoms with E-state index in [1.165, 1.54) is 24.3 Å². The summed E-state index contributed by atoms with van der Waals surface area (Å²) in [5.41, 5.74) is -0.836. The lowest BCUT2D eigenvalue weighted by Gasteiger charge is -2.22. The van der Waals surface area contributed by atoms with Gasteiger partial charge in [-0.15, -0.1) is 11.3 Å². The number of alkyl halides is 3. The van der Waals surface area contributed by atoms with E-state index in [9.17, 15) is 13.2 Å². The van der Waals surface area contributed by atoms with E-state index in [0.29, 0.717) is 16.9 Å². The Morgan fingerprint density at radius 2 is 2.09 bits per heavy atom. The van der Waals surface area contributed by atoms with Crippen LogP contribution >= 0.6 is 23.1 Å². The van der Waals surface area contributed by atoms with Crippen LogP contribution in [-0.2, 0) is 12.7 Å². The normalized spacial score (nSPS) is 17.5. The molecule has 0 spiro atoms. The molecule has 0 aromatic carbocycles. The van der Waals surface area contributed by atoms with E-state index < -0.39 is 11.9 Å². The second-order valence-electron chi connectivity index (χ2n) is 4.99. The van der Waals surface area contributed by atoms with Gasteiger partial charge in [0.15, 0.2) is 11.7 Å². The molecule has 1 saturated heterocycles. The van der Waals surface area contributed by atoms with Crippen LogP contribution in [0.3, 0.4) is 0 Å². The third kappa shape index (κ3) is 5.35. The Kier molecular flexibility index (Phi) is 6.37. The van der Waals surface area contributed by atoms with Crippen molar-refractivity contribution in [1.29, 1.82) is 0 Å². The first-order valence-corrected chi connectivity index (χ1v) is 9.06. The number of hydrogen-bond acceptors (Lipinski definition) is 4. The molecule has 1 fully saturated rings. The summed E-state index contributed by atoms with van der Waals surface area (Å²) in [6.45, 7) is 1.08. The van der Waals surface area contributed by atoms with Crippen molar-refractivity contribution in [2.45, 2.75) is 25.6 Å². The summed E-state index contributed by atoms with van der Waals surface area (Å²) < 4.78 is 37.4. The van der Waals surface area contributed by atoms with Crippen molar-refractivity contribution < 1.29 is 13.2 Å². The molecule has 0 aliphatic carbocycles. The van der Waals surface area contributed by atoms with Gasteiger partial charge in [-0.1, -0.05) is 0 Å². The average molecular weight is 352 g/mol. The number of guanidine groups is 1. The molecule has 0 bridgehead atoms. The number of thiazole rings is 1. The minimum absolute atomic E-state index is 0.237. The molecule has 1 aromatic rings. The van der Waals surface area contributed by atoms with Crippen molar-refractivity contribution in [3.63, 3.8) is 0 Å². The molecule has 1 aromatic heterocycles. The zero-order chi connectivity index (χ0) is 16.0. The van der Waals surface area contributed by atoms with Crippen LogP contribution < -0.4 is 10.6 Å². The summed E-state index contributed by atoms with van der Waals surface area (Å²) in [5, 5.41) is 7.66. The predicted molar refractivity (Wildman–Crippen MR) is 85.4 cm³/mol. The van der Waals surface area contributed by atoms with Gasteiger partial charge in [0.1, 0.15) is 5.01 Å². The zero-order valence-corrected chi connectivity index (χ0v) is 13.9. The minimum atomic E-state index is -4.38. The Bertz CT molecular complexity index is 496. The first kappa shape index (κ1) is 17.4. The van der Waals surface area contributed by atoms with E-state index >= 15 is 0 Å². The van der Waals surface area contributed by atoms with Crippen molar-refractivity contribution in [1.82, 2.24) is 15.6 Å². The fraction of sp³-hybridized carbons (Fsp3) is 0.692. The Morgan fingerprint density at radius 3 is 2.68 bits per heavy atom. The third-order valence-electron chi connectivity index (χ3n) is 3.37. The van der Waals surface area contributed by atoms with Crippen LogP contribution in [0.4, 0.5) is 13.2 Å². The molecule has 0 saturated carbocycles. The van der Waals surface area contributed by atoms with E-state index in [1.54, 1.807) is 7.05 Å². The maximum atomic E-state index is 12.5. The van der Waals surface area contributed by atoms with Gasteiger partial charge in [0.2, 0.25) is 0 Å². The van der Waals surface area contributed by atoms with Crippen molar-refractivity contribution in [2.24, 2.45) is 10.9 Å². The molecule has 2 heterocycles. The highest BCUT2D eigenvalue weighted by Gasteiger charge is 2.33. The highest BCUT2D eigenvalue weighted by Crippen LogP contribution is 2.29. The zero-order valence-electron chi connectivity index (χ0n) is 12.2. The molecular weight excluding hydrogens is 333 g/mol. The van der Waals surface area contributed by atoms with Crippen LogP contribution in [-0.4, -0.2) is 36.0 Å². The van der Waals surface area contributed by atoms with E-state index in [2.05, 4.69) is 20.6 Å². The average Bonchev–Trinajstić information content (AvgIpc) is 2.97. The third-order valence-corrected chi connectivity index (χ3v) is 5.27. The molecule has 0 atom stereocenters. The molecule has 9 heteroatoms. The van der Waals surface area contributed by atoms with Gasteiger partial charge < -0.3 is 10.6 Å². The monoisotopic (exact) mass is 352 g/mol. The number of aromatic nitrogens is 1. The lowest BCUT2D eigenvalue weighted by molar-refractivity contribution is -0.140. The van der Waals surface area contributed by atoms with Gasteiger partial charge in [-0.05, 0) is 30.3 Å². The predicted octanol–water partition coefficient (Wildman–Crippen LogP) is 2.97. The molecule has 1 aliphatic rings. The van der Waals surface area contributed by atoms with Crippen molar-refractivity contribution in [3.05, 3.63) is 16.1 Å².